The van der Waals surface area contributed by atoms with E-state index in [0.29, 0.717) is 5.88 Å². The number of fused-ring (bicyclic) bond motifs is 1. The predicted octanol–water partition coefficient (Wildman–Crippen LogP) is 4.86. The zero-order valence-electron chi connectivity index (χ0n) is 10.1. The Balaban J connectivity index is 1.59. The molecule has 2 aromatic rings. The van der Waals surface area contributed by atoms with E-state index in [2.05, 4.69) is 48.5 Å². The Labute approximate surface area is 117 Å². The molecule has 0 aliphatic heterocycles. The molecule has 0 heterocycles. The van der Waals surface area contributed by atoms with E-state index in [-0.39, 0.29) is 0 Å². The van der Waals surface area contributed by atoms with E-state index in [1.807, 2.05) is 11.8 Å². The molecular formula is C16H15ClS. The second-order valence-corrected chi connectivity index (χ2v) is 6.05. The van der Waals surface area contributed by atoms with E-state index < -0.39 is 0 Å². The maximum Gasteiger partial charge on any atom is 0.0474 e. The van der Waals surface area contributed by atoms with Crippen molar-refractivity contribution in [3.63, 3.8) is 0 Å². The Bertz CT molecular complexity index is 533. The van der Waals surface area contributed by atoms with Gasteiger partial charge in [0.05, 0.1) is 0 Å². The summed E-state index contributed by atoms with van der Waals surface area (Å²) in [7, 11) is 0. The maximum absolute atomic E-state index is 5.79. The van der Waals surface area contributed by atoms with Crippen LogP contribution in [0.15, 0.2) is 53.4 Å². The summed E-state index contributed by atoms with van der Waals surface area (Å²) in [6, 6.07) is 17.4. The van der Waals surface area contributed by atoms with Crippen molar-refractivity contribution in [3.05, 3.63) is 65.2 Å². The summed E-state index contributed by atoms with van der Waals surface area (Å²) < 4.78 is 0. The van der Waals surface area contributed by atoms with Gasteiger partial charge < -0.3 is 0 Å². The van der Waals surface area contributed by atoms with E-state index >= 15 is 0 Å². The molecule has 0 radical (unpaired) electrons. The summed E-state index contributed by atoms with van der Waals surface area (Å²) in [5.74, 6) is 2.51. The van der Waals surface area contributed by atoms with Crippen LogP contribution in [0.3, 0.4) is 0 Å². The van der Waals surface area contributed by atoms with Crippen LogP contribution in [0, 0.1) is 0 Å². The lowest BCUT2D eigenvalue weighted by molar-refractivity contribution is 0.677. The Morgan fingerprint density at radius 1 is 1.06 bits per heavy atom. The van der Waals surface area contributed by atoms with Crippen molar-refractivity contribution in [1.29, 1.82) is 0 Å². The number of benzene rings is 2. The SMILES string of the molecule is ClCc1ccc(SCC2Cc3ccccc32)cc1. The van der Waals surface area contributed by atoms with E-state index in [1.165, 1.54) is 28.2 Å². The largest absolute Gasteiger partial charge is 0.126 e. The fourth-order valence-corrected chi connectivity index (χ4v) is 3.58. The first kappa shape index (κ1) is 12.1. The van der Waals surface area contributed by atoms with E-state index in [4.69, 9.17) is 11.6 Å². The van der Waals surface area contributed by atoms with Crippen molar-refractivity contribution >= 4 is 23.4 Å². The minimum absolute atomic E-state index is 0.598. The topological polar surface area (TPSA) is 0 Å². The summed E-state index contributed by atoms with van der Waals surface area (Å²) in [6.07, 6.45) is 1.24. The summed E-state index contributed by atoms with van der Waals surface area (Å²) in [5.41, 5.74) is 4.26. The fourth-order valence-electron chi connectivity index (χ4n) is 2.38. The number of hydrogen-bond donors (Lipinski definition) is 0. The van der Waals surface area contributed by atoms with Gasteiger partial charge in [-0.15, -0.1) is 23.4 Å². The third kappa shape index (κ3) is 2.43. The standard InChI is InChI=1S/C16H15ClS/c17-10-12-5-7-15(8-6-12)18-11-14-9-13-3-1-2-4-16(13)14/h1-8,14H,9-11H2. The number of halogens is 1. The summed E-state index contributed by atoms with van der Waals surface area (Å²) in [6.45, 7) is 0. The number of thioether (sulfide) groups is 1. The van der Waals surface area contributed by atoms with Crippen LogP contribution in [-0.2, 0) is 12.3 Å². The average Bonchev–Trinajstić information content (AvgIpc) is 2.40. The molecule has 2 aromatic carbocycles. The second-order valence-electron chi connectivity index (χ2n) is 4.69. The zero-order chi connectivity index (χ0) is 12.4. The quantitative estimate of drug-likeness (QED) is 0.567. The highest BCUT2D eigenvalue weighted by molar-refractivity contribution is 7.99. The first-order valence-electron chi connectivity index (χ1n) is 6.22. The molecule has 0 saturated heterocycles. The monoisotopic (exact) mass is 274 g/mol. The van der Waals surface area contributed by atoms with Crippen LogP contribution < -0.4 is 0 Å². The zero-order valence-corrected chi connectivity index (χ0v) is 11.7. The van der Waals surface area contributed by atoms with Gasteiger partial charge in [0, 0.05) is 16.5 Å². The molecule has 0 bridgehead atoms. The molecule has 0 aromatic heterocycles. The lowest BCUT2D eigenvalue weighted by Crippen LogP contribution is -2.18. The molecule has 1 atom stereocenters. The molecule has 92 valence electrons. The second kappa shape index (κ2) is 5.38. The normalized spacial score (nSPS) is 17.1. The van der Waals surface area contributed by atoms with Gasteiger partial charge in [-0.2, -0.15) is 0 Å². The highest BCUT2D eigenvalue weighted by Gasteiger charge is 2.24. The first-order chi connectivity index (χ1) is 8.86. The Kier molecular flexibility index (Phi) is 3.62. The van der Waals surface area contributed by atoms with Crippen LogP contribution in [0.4, 0.5) is 0 Å². The molecule has 3 rings (SSSR count). The molecule has 2 heteroatoms. The van der Waals surface area contributed by atoms with Gasteiger partial charge in [0.15, 0.2) is 0 Å². The van der Waals surface area contributed by atoms with Crippen LogP contribution in [0.5, 0.6) is 0 Å². The molecular weight excluding hydrogens is 260 g/mol. The Morgan fingerprint density at radius 3 is 2.56 bits per heavy atom. The maximum atomic E-state index is 5.79. The Morgan fingerprint density at radius 2 is 1.83 bits per heavy atom. The van der Waals surface area contributed by atoms with Crippen LogP contribution in [0.25, 0.3) is 0 Å². The third-order valence-electron chi connectivity index (χ3n) is 3.49. The van der Waals surface area contributed by atoms with Crippen molar-refractivity contribution in [2.24, 2.45) is 0 Å². The van der Waals surface area contributed by atoms with Crippen LogP contribution in [0.2, 0.25) is 0 Å². The number of hydrogen-bond acceptors (Lipinski definition) is 1. The van der Waals surface area contributed by atoms with Gasteiger partial charge in [-0.1, -0.05) is 36.4 Å². The molecule has 0 spiro atoms. The van der Waals surface area contributed by atoms with Crippen molar-refractivity contribution in [1.82, 2.24) is 0 Å². The molecule has 0 N–H and O–H groups in total. The van der Waals surface area contributed by atoms with Crippen LogP contribution in [0.1, 0.15) is 22.6 Å². The minimum Gasteiger partial charge on any atom is -0.126 e. The van der Waals surface area contributed by atoms with Crippen LogP contribution >= 0.6 is 23.4 Å². The number of alkyl halides is 1. The summed E-state index contributed by atoms with van der Waals surface area (Å²) in [4.78, 5) is 1.34. The lowest BCUT2D eigenvalue weighted by atomic mass is 9.79. The van der Waals surface area contributed by atoms with Gasteiger partial charge >= 0.3 is 0 Å². The molecule has 1 aliphatic carbocycles. The smallest absolute Gasteiger partial charge is 0.0474 e. The molecule has 0 nitrogen and oxygen atoms in total. The highest BCUT2D eigenvalue weighted by Crippen LogP contribution is 2.38. The molecule has 1 aliphatic rings. The number of rotatable bonds is 4. The summed E-state index contributed by atoms with van der Waals surface area (Å²) in [5, 5.41) is 0. The minimum atomic E-state index is 0.598. The van der Waals surface area contributed by atoms with Crippen molar-refractivity contribution in [3.8, 4) is 0 Å². The lowest BCUT2D eigenvalue weighted by Gasteiger charge is -2.29. The van der Waals surface area contributed by atoms with Crippen molar-refractivity contribution in [2.75, 3.05) is 5.75 Å². The van der Waals surface area contributed by atoms with Gasteiger partial charge in [-0.25, -0.2) is 0 Å². The Hall–Kier alpha value is -0.920. The molecule has 0 saturated carbocycles. The van der Waals surface area contributed by atoms with Crippen molar-refractivity contribution < 1.29 is 0 Å². The molecule has 18 heavy (non-hydrogen) atoms. The van der Waals surface area contributed by atoms with Gasteiger partial charge in [0.2, 0.25) is 0 Å². The molecule has 0 fully saturated rings. The van der Waals surface area contributed by atoms with E-state index in [1.54, 1.807) is 5.56 Å². The van der Waals surface area contributed by atoms with Gasteiger partial charge in [0.25, 0.3) is 0 Å². The first-order valence-corrected chi connectivity index (χ1v) is 7.74. The van der Waals surface area contributed by atoms with E-state index in [9.17, 15) is 0 Å². The van der Waals surface area contributed by atoms with Crippen molar-refractivity contribution in [2.45, 2.75) is 23.1 Å². The highest BCUT2D eigenvalue weighted by atomic mass is 35.5. The summed E-state index contributed by atoms with van der Waals surface area (Å²) >= 11 is 7.73. The fraction of sp³-hybridized carbons (Fsp3) is 0.250. The van der Waals surface area contributed by atoms with Crippen LogP contribution in [-0.4, -0.2) is 5.75 Å². The van der Waals surface area contributed by atoms with E-state index in [0.717, 1.165) is 5.92 Å². The predicted molar refractivity (Wildman–Crippen MR) is 79.6 cm³/mol. The van der Waals surface area contributed by atoms with Gasteiger partial charge in [-0.3, -0.25) is 0 Å². The molecule has 0 amide bonds. The average molecular weight is 275 g/mol. The third-order valence-corrected chi connectivity index (χ3v) is 4.97. The van der Waals surface area contributed by atoms with Gasteiger partial charge in [-0.05, 0) is 41.2 Å². The molecule has 1 unspecified atom stereocenters. The van der Waals surface area contributed by atoms with Gasteiger partial charge in [0.1, 0.15) is 0 Å².